The number of hydrogen-bond acceptors (Lipinski definition) is 4. The van der Waals surface area contributed by atoms with E-state index in [1.165, 1.54) is 6.20 Å². The van der Waals surface area contributed by atoms with Gasteiger partial charge in [-0.15, -0.1) is 0 Å². The Labute approximate surface area is 132 Å². The molecule has 2 aromatic carbocycles. The van der Waals surface area contributed by atoms with Crippen molar-refractivity contribution in [1.82, 2.24) is 15.0 Å². The van der Waals surface area contributed by atoms with Crippen molar-refractivity contribution in [3.63, 3.8) is 0 Å². The monoisotopic (exact) mass is 302 g/mol. The van der Waals surface area contributed by atoms with Crippen LogP contribution < -0.4 is 5.73 Å². The summed E-state index contributed by atoms with van der Waals surface area (Å²) in [5.74, 6) is 0.541. The van der Waals surface area contributed by atoms with Gasteiger partial charge in [-0.3, -0.25) is 4.98 Å². The number of fused-ring (bicyclic) bond motifs is 1. The molecule has 0 unspecified atom stereocenters. The highest BCUT2D eigenvalue weighted by molar-refractivity contribution is 5.91. The number of aromatic nitrogens is 3. The lowest BCUT2D eigenvalue weighted by molar-refractivity contribution is 0.481. The summed E-state index contributed by atoms with van der Waals surface area (Å²) in [6, 6.07) is 15.3. The Morgan fingerprint density at radius 1 is 0.957 bits per heavy atom. The Kier molecular flexibility index (Phi) is 2.98. The van der Waals surface area contributed by atoms with E-state index in [1.807, 2.05) is 42.5 Å². The number of phenolic OH excluding ortho intramolecular Hbond substituents is 1. The predicted octanol–water partition coefficient (Wildman–Crippen LogP) is 3.58. The molecule has 0 aliphatic heterocycles. The molecule has 0 aliphatic carbocycles. The van der Waals surface area contributed by atoms with Crippen molar-refractivity contribution >= 4 is 16.7 Å². The minimum Gasteiger partial charge on any atom is -0.506 e. The van der Waals surface area contributed by atoms with Gasteiger partial charge < -0.3 is 15.8 Å². The summed E-state index contributed by atoms with van der Waals surface area (Å²) in [5, 5.41) is 11.1. The molecular weight excluding hydrogens is 288 g/mol. The number of aromatic hydroxyl groups is 1. The number of hydrogen-bond donors (Lipinski definition) is 3. The minimum absolute atomic E-state index is 0.181. The predicted molar refractivity (Wildman–Crippen MR) is 90.8 cm³/mol. The lowest BCUT2D eigenvalue weighted by Gasteiger charge is -2.10. The fourth-order valence-electron chi connectivity index (χ4n) is 2.70. The van der Waals surface area contributed by atoms with Crippen molar-refractivity contribution in [3.05, 3.63) is 60.9 Å². The van der Waals surface area contributed by atoms with E-state index in [1.54, 1.807) is 12.3 Å². The van der Waals surface area contributed by atoms with Crippen LogP contribution >= 0.6 is 0 Å². The second kappa shape index (κ2) is 5.14. The molecule has 0 radical (unpaired) electrons. The van der Waals surface area contributed by atoms with E-state index in [0.29, 0.717) is 22.7 Å². The van der Waals surface area contributed by atoms with E-state index in [9.17, 15) is 5.11 Å². The average molecular weight is 302 g/mol. The number of rotatable bonds is 2. The van der Waals surface area contributed by atoms with Crippen LogP contribution in [0.15, 0.2) is 60.9 Å². The Bertz CT molecular complexity index is 993. The number of aromatic amines is 1. The van der Waals surface area contributed by atoms with Crippen LogP contribution in [-0.2, 0) is 0 Å². The maximum absolute atomic E-state index is 10.2. The SMILES string of the molecule is Nc1cnc(-c2cc(O)c3[nH]ccc3c2)c(-c2ccccc2)n1. The van der Waals surface area contributed by atoms with Gasteiger partial charge in [-0.2, -0.15) is 0 Å². The Morgan fingerprint density at radius 2 is 1.78 bits per heavy atom. The van der Waals surface area contributed by atoms with Gasteiger partial charge >= 0.3 is 0 Å². The summed E-state index contributed by atoms with van der Waals surface area (Å²) in [4.78, 5) is 11.9. The van der Waals surface area contributed by atoms with E-state index in [4.69, 9.17) is 5.73 Å². The summed E-state index contributed by atoms with van der Waals surface area (Å²) in [5.41, 5.74) is 9.62. The summed E-state index contributed by atoms with van der Waals surface area (Å²) in [6.45, 7) is 0. The fraction of sp³-hybridized carbons (Fsp3) is 0. The Morgan fingerprint density at radius 3 is 2.61 bits per heavy atom. The molecule has 5 nitrogen and oxygen atoms in total. The number of phenols is 1. The van der Waals surface area contributed by atoms with Gasteiger partial charge in [-0.25, -0.2) is 4.98 Å². The van der Waals surface area contributed by atoms with Crippen LogP contribution in [-0.4, -0.2) is 20.1 Å². The standard InChI is InChI=1S/C18H14N4O/c19-15-10-21-17(18(22-15)11-4-2-1-3-5-11)13-8-12-6-7-20-16(12)14(23)9-13/h1-10,20,23H,(H2,19,22). The van der Waals surface area contributed by atoms with Gasteiger partial charge in [0.1, 0.15) is 11.6 Å². The first kappa shape index (κ1) is 13.3. The second-order valence-corrected chi connectivity index (χ2v) is 5.30. The van der Waals surface area contributed by atoms with Crippen LogP contribution in [0, 0.1) is 0 Å². The van der Waals surface area contributed by atoms with Crippen molar-refractivity contribution in [3.8, 4) is 28.3 Å². The van der Waals surface area contributed by atoms with Crippen LogP contribution in [0.5, 0.6) is 5.75 Å². The van der Waals surface area contributed by atoms with Gasteiger partial charge in [0.15, 0.2) is 0 Å². The van der Waals surface area contributed by atoms with Crippen LogP contribution in [0.3, 0.4) is 0 Å². The third-order valence-electron chi connectivity index (χ3n) is 3.75. The number of nitrogen functional groups attached to an aromatic ring is 1. The molecule has 112 valence electrons. The molecule has 0 aliphatic rings. The molecular formula is C18H14N4O. The molecule has 2 heterocycles. The van der Waals surface area contributed by atoms with Crippen LogP contribution in [0.4, 0.5) is 5.82 Å². The number of H-pyrrole nitrogens is 1. The average Bonchev–Trinajstić information content (AvgIpc) is 3.05. The van der Waals surface area contributed by atoms with Gasteiger partial charge in [0, 0.05) is 22.7 Å². The third kappa shape index (κ3) is 2.28. The zero-order valence-corrected chi connectivity index (χ0v) is 12.2. The highest BCUT2D eigenvalue weighted by Gasteiger charge is 2.14. The first-order chi connectivity index (χ1) is 11.2. The first-order valence-corrected chi connectivity index (χ1v) is 7.21. The van der Waals surface area contributed by atoms with E-state index in [2.05, 4.69) is 15.0 Å². The molecule has 0 bridgehead atoms. The highest BCUT2D eigenvalue weighted by atomic mass is 16.3. The third-order valence-corrected chi connectivity index (χ3v) is 3.75. The zero-order valence-electron chi connectivity index (χ0n) is 12.2. The van der Waals surface area contributed by atoms with Gasteiger partial charge in [-0.05, 0) is 18.2 Å². The molecule has 0 saturated heterocycles. The quantitative estimate of drug-likeness (QED) is 0.528. The van der Waals surface area contributed by atoms with Crippen LogP contribution in [0.25, 0.3) is 33.4 Å². The maximum atomic E-state index is 10.2. The summed E-state index contributed by atoms with van der Waals surface area (Å²) in [7, 11) is 0. The minimum atomic E-state index is 0.181. The molecule has 0 atom stereocenters. The molecule has 2 aromatic heterocycles. The molecule has 4 N–H and O–H groups in total. The number of nitrogens with two attached hydrogens (primary N) is 1. The van der Waals surface area contributed by atoms with Gasteiger partial charge in [0.2, 0.25) is 0 Å². The fourth-order valence-corrected chi connectivity index (χ4v) is 2.70. The molecule has 0 amide bonds. The molecule has 4 aromatic rings. The molecule has 0 spiro atoms. The van der Waals surface area contributed by atoms with Crippen molar-refractivity contribution < 1.29 is 5.11 Å². The molecule has 23 heavy (non-hydrogen) atoms. The first-order valence-electron chi connectivity index (χ1n) is 7.21. The Hall–Kier alpha value is -3.34. The second-order valence-electron chi connectivity index (χ2n) is 5.30. The van der Waals surface area contributed by atoms with Crippen molar-refractivity contribution in [2.75, 3.05) is 5.73 Å². The summed E-state index contributed by atoms with van der Waals surface area (Å²) in [6.07, 6.45) is 3.32. The van der Waals surface area contributed by atoms with Crippen LogP contribution in [0.1, 0.15) is 0 Å². The summed E-state index contributed by atoms with van der Waals surface area (Å²) < 4.78 is 0. The molecule has 0 saturated carbocycles. The summed E-state index contributed by atoms with van der Waals surface area (Å²) >= 11 is 0. The van der Waals surface area contributed by atoms with Gasteiger partial charge in [0.25, 0.3) is 0 Å². The van der Waals surface area contributed by atoms with Gasteiger partial charge in [-0.1, -0.05) is 30.3 Å². The largest absolute Gasteiger partial charge is 0.506 e. The molecule has 0 fully saturated rings. The lowest BCUT2D eigenvalue weighted by Crippen LogP contribution is -1.98. The molecule has 5 heteroatoms. The lowest BCUT2D eigenvalue weighted by atomic mass is 10.0. The van der Waals surface area contributed by atoms with Crippen LogP contribution in [0.2, 0.25) is 0 Å². The maximum Gasteiger partial charge on any atom is 0.142 e. The van der Waals surface area contributed by atoms with Crippen molar-refractivity contribution in [2.45, 2.75) is 0 Å². The van der Waals surface area contributed by atoms with Crippen molar-refractivity contribution in [1.29, 1.82) is 0 Å². The van der Waals surface area contributed by atoms with E-state index >= 15 is 0 Å². The van der Waals surface area contributed by atoms with E-state index in [0.717, 1.165) is 16.5 Å². The number of nitrogens with one attached hydrogen (secondary N) is 1. The van der Waals surface area contributed by atoms with Gasteiger partial charge in [0.05, 0.1) is 23.1 Å². The smallest absolute Gasteiger partial charge is 0.142 e. The topological polar surface area (TPSA) is 87.8 Å². The highest BCUT2D eigenvalue weighted by Crippen LogP contribution is 2.34. The Balaban J connectivity index is 1.97. The normalized spacial score (nSPS) is 11.0. The van der Waals surface area contributed by atoms with E-state index < -0.39 is 0 Å². The number of nitrogens with zero attached hydrogens (tertiary/aromatic N) is 2. The van der Waals surface area contributed by atoms with E-state index in [-0.39, 0.29) is 5.75 Å². The zero-order chi connectivity index (χ0) is 15.8. The number of benzene rings is 2. The number of anilines is 1. The molecule has 4 rings (SSSR count). The van der Waals surface area contributed by atoms with Crippen molar-refractivity contribution in [2.24, 2.45) is 0 Å².